The second-order valence-corrected chi connectivity index (χ2v) is 0.836. The molecule has 38 valence electrons. The third-order valence-electron chi connectivity index (χ3n) is 0.129. The molecule has 0 N–H and O–H groups in total. The summed E-state index contributed by atoms with van der Waals surface area (Å²) in [5.41, 5.74) is 0. The molecule has 0 bridgehead atoms. The van der Waals surface area contributed by atoms with E-state index in [1.165, 1.54) is 0 Å². The van der Waals surface area contributed by atoms with Crippen molar-refractivity contribution in [1.82, 2.24) is 0 Å². The summed E-state index contributed by atoms with van der Waals surface area (Å²) in [7, 11) is 0. The lowest BCUT2D eigenvalue weighted by Gasteiger charge is -1.57. The van der Waals surface area contributed by atoms with Crippen LogP contribution in [0.2, 0.25) is 0 Å². The summed E-state index contributed by atoms with van der Waals surface area (Å²) < 4.78 is 0. The first-order valence-electron chi connectivity index (χ1n) is 1.58. The van der Waals surface area contributed by atoms with Crippen molar-refractivity contribution in [2.45, 2.75) is 0 Å². The van der Waals surface area contributed by atoms with E-state index in [2.05, 4.69) is 31.8 Å². The normalized spacial score (nSPS) is 5.17. The average molecular weight is 122 g/mol. The van der Waals surface area contributed by atoms with Crippen molar-refractivity contribution in [1.29, 1.82) is 0 Å². The second-order valence-electron chi connectivity index (χ2n) is 0.471. The topological polar surface area (TPSA) is 0 Å². The zero-order valence-electron chi connectivity index (χ0n) is 3.89. The molecule has 0 aliphatic carbocycles. The molecule has 0 spiro atoms. The van der Waals surface area contributed by atoms with Gasteiger partial charge in [-0.15, -0.1) is 6.58 Å². The summed E-state index contributed by atoms with van der Waals surface area (Å²) in [4.78, 5) is 0. The molecule has 0 fully saturated rings. The molecule has 0 atom stereocenters. The van der Waals surface area contributed by atoms with Gasteiger partial charge in [0.2, 0.25) is 0 Å². The van der Waals surface area contributed by atoms with Crippen LogP contribution < -0.4 is 0 Å². The highest BCUT2D eigenvalue weighted by Crippen LogP contribution is 1.65. The quantitative estimate of drug-likeness (QED) is 0.383. The van der Waals surface area contributed by atoms with Gasteiger partial charge >= 0.3 is 0 Å². The molecule has 0 unspecified atom stereocenters. The molecule has 2 heteroatoms. The van der Waals surface area contributed by atoms with Crippen LogP contribution in [-0.2, 0) is 0 Å². The van der Waals surface area contributed by atoms with Crippen LogP contribution in [0.3, 0.4) is 0 Å². The van der Waals surface area contributed by atoms with Gasteiger partial charge in [-0.2, -0.15) is 25.3 Å². The van der Waals surface area contributed by atoms with Crippen LogP contribution in [0.1, 0.15) is 0 Å². The van der Waals surface area contributed by atoms with Crippen LogP contribution >= 0.6 is 25.3 Å². The van der Waals surface area contributed by atoms with E-state index in [-0.39, 0.29) is 0 Å². The van der Waals surface area contributed by atoms with Crippen molar-refractivity contribution in [2.75, 3.05) is 12.0 Å². The third-order valence-corrected chi connectivity index (χ3v) is 0.387. The van der Waals surface area contributed by atoms with E-state index in [1.807, 2.05) is 0 Å². The highest BCUT2D eigenvalue weighted by atomic mass is 32.1. The Kier molecular flexibility index (Phi) is 29.0. The fourth-order valence-corrected chi connectivity index (χ4v) is 0. The summed E-state index contributed by atoms with van der Waals surface area (Å²) >= 11 is 7.33. The smallest absolute Gasteiger partial charge is 0.00799 e. The fourth-order valence-electron chi connectivity index (χ4n) is 0. The maximum absolute atomic E-state index is 3.80. The van der Waals surface area contributed by atoms with Crippen molar-refractivity contribution in [3.8, 4) is 0 Å². The van der Waals surface area contributed by atoms with Crippen LogP contribution in [0.4, 0.5) is 0 Å². The standard InChI is InChI=1S/C3H6S.CH4S/c1-2-3-4;1-2/h2,4H,1,3H2;2H,1H3. The third kappa shape index (κ3) is 25.3. The summed E-state index contributed by atoms with van der Waals surface area (Å²) in [5.74, 6) is 0.778. The van der Waals surface area contributed by atoms with Crippen LogP contribution in [-0.4, -0.2) is 12.0 Å². The molecule has 0 saturated heterocycles. The monoisotopic (exact) mass is 122 g/mol. The summed E-state index contributed by atoms with van der Waals surface area (Å²) in [6.45, 7) is 3.40. The van der Waals surface area contributed by atoms with Crippen molar-refractivity contribution >= 4 is 25.3 Å². The van der Waals surface area contributed by atoms with Gasteiger partial charge in [0.05, 0.1) is 0 Å². The highest BCUT2D eigenvalue weighted by Gasteiger charge is 1.45. The molecule has 0 aromatic rings. The van der Waals surface area contributed by atoms with Gasteiger partial charge in [-0.1, -0.05) is 6.08 Å². The minimum atomic E-state index is 0.778. The second kappa shape index (κ2) is 18.0. The van der Waals surface area contributed by atoms with Gasteiger partial charge in [0, 0.05) is 5.75 Å². The summed E-state index contributed by atoms with van der Waals surface area (Å²) in [6, 6.07) is 0. The number of thiol groups is 2. The zero-order chi connectivity index (χ0) is 5.41. The van der Waals surface area contributed by atoms with Gasteiger partial charge in [-0.05, 0) is 6.26 Å². The molecular weight excluding hydrogens is 112 g/mol. The Hall–Kier alpha value is 0.440. The Bertz CT molecular complexity index is 19.5. The first-order valence-corrected chi connectivity index (χ1v) is 3.11. The lowest BCUT2D eigenvalue weighted by molar-refractivity contribution is 1.85. The Morgan fingerprint density at radius 2 is 1.83 bits per heavy atom. The van der Waals surface area contributed by atoms with Crippen LogP contribution in [0, 0.1) is 0 Å². The Labute approximate surface area is 50.5 Å². The van der Waals surface area contributed by atoms with Crippen molar-refractivity contribution in [3.05, 3.63) is 12.7 Å². The molecule has 0 aromatic heterocycles. The molecule has 0 rings (SSSR count). The van der Waals surface area contributed by atoms with E-state index >= 15 is 0 Å². The van der Waals surface area contributed by atoms with E-state index in [0.717, 1.165) is 5.75 Å². The zero-order valence-corrected chi connectivity index (χ0v) is 5.67. The molecule has 0 aliphatic rings. The van der Waals surface area contributed by atoms with Crippen molar-refractivity contribution in [2.24, 2.45) is 0 Å². The van der Waals surface area contributed by atoms with E-state index < -0.39 is 0 Å². The number of hydrogen-bond acceptors (Lipinski definition) is 2. The van der Waals surface area contributed by atoms with Gasteiger partial charge in [0.25, 0.3) is 0 Å². The van der Waals surface area contributed by atoms with Gasteiger partial charge in [0.1, 0.15) is 0 Å². The van der Waals surface area contributed by atoms with Crippen LogP contribution in [0.15, 0.2) is 12.7 Å². The van der Waals surface area contributed by atoms with Gasteiger partial charge in [-0.25, -0.2) is 0 Å². The molecule has 6 heavy (non-hydrogen) atoms. The fraction of sp³-hybridized carbons (Fsp3) is 0.500. The van der Waals surface area contributed by atoms with E-state index in [0.29, 0.717) is 0 Å². The SMILES string of the molecule is C=CCS.CS. The lowest BCUT2D eigenvalue weighted by Crippen LogP contribution is -1.45. The first-order chi connectivity index (χ1) is 2.91. The minimum absolute atomic E-state index is 0.778. The Balaban J connectivity index is 0. The molecule has 0 amide bonds. The Morgan fingerprint density at radius 3 is 1.83 bits per heavy atom. The lowest BCUT2D eigenvalue weighted by atomic mass is 10.8. The van der Waals surface area contributed by atoms with Gasteiger partial charge in [-0.3, -0.25) is 0 Å². The van der Waals surface area contributed by atoms with E-state index in [4.69, 9.17) is 0 Å². The Morgan fingerprint density at radius 1 is 1.67 bits per heavy atom. The number of hydrogen-bond donors (Lipinski definition) is 2. The predicted molar refractivity (Wildman–Crippen MR) is 39.0 cm³/mol. The highest BCUT2D eigenvalue weighted by molar-refractivity contribution is 7.80. The van der Waals surface area contributed by atoms with Crippen molar-refractivity contribution in [3.63, 3.8) is 0 Å². The molecule has 0 nitrogen and oxygen atoms in total. The molecule has 0 saturated carbocycles. The maximum atomic E-state index is 3.80. The molecular formula is C4H10S2. The van der Waals surface area contributed by atoms with Crippen LogP contribution in [0.5, 0.6) is 0 Å². The maximum Gasteiger partial charge on any atom is 0.00799 e. The molecule has 0 radical (unpaired) electrons. The molecule has 0 aromatic carbocycles. The predicted octanol–water partition coefficient (Wildman–Crippen LogP) is 1.65. The van der Waals surface area contributed by atoms with E-state index in [1.54, 1.807) is 12.3 Å². The molecule has 0 heterocycles. The minimum Gasteiger partial charge on any atom is -0.183 e. The average Bonchev–Trinajstić information content (AvgIpc) is 1.72. The largest absolute Gasteiger partial charge is 0.183 e. The van der Waals surface area contributed by atoms with Gasteiger partial charge in [0.15, 0.2) is 0 Å². The first kappa shape index (κ1) is 9.67. The van der Waals surface area contributed by atoms with Crippen molar-refractivity contribution < 1.29 is 0 Å². The van der Waals surface area contributed by atoms with Crippen LogP contribution in [0.25, 0.3) is 0 Å². The number of rotatable bonds is 1. The summed E-state index contributed by atoms with van der Waals surface area (Å²) in [5, 5.41) is 0. The molecule has 0 aliphatic heterocycles. The summed E-state index contributed by atoms with van der Waals surface area (Å²) in [6.07, 6.45) is 3.43. The van der Waals surface area contributed by atoms with E-state index in [9.17, 15) is 0 Å². The van der Waals surface area contributed by atoms with Gasteiger partial charge < -0.3 is 0 Å².